The summed E-state index contributed by atoms with van der Waals surface area (Å²) in [5.41, 5.74) is 12.9. The summed E-state index contributed by atoms with van der Waals surface area (Å²) in [6.07, 6.45) is 0. The predicted molar refractivity (Wildman–Crippen MR) is 127 cm³/mol. The molecule has 8 nitrogen and oxygen atoms in total. The molecule has 0 unspecified atom stereocenters. The Morgan fingerprint density at radius 1 is 1.19 bits per heavy atom. The van der Waals surface area contributed by atoms with Gasteiger partial charge in [-0.05, 0) is 42.6 Å². The number of phenols is 1. The van der Waals surface area contributed by atoms with Crippen molar-refractivity contribution in [3.63, 3.8) is 0 Å². The first kappa shape index (κ1) is 22.4. The largest absolute Gasteiger partial charge is 0.505 e. The third-order valence-electron chi connectivity index (χ3n) is 4.57. The molecule has 0 fully saturated rings. The second-order valence-corrected chi connectivity index (χ2v) is 7.70. The first-order valence-electron chi connectivity index (χ1n) is 9.42. The Hall–Kier alpha value is -4.29. The number of carbonyl (C=O) groups excluding carboxylic acids is 1. The molecule has 9 heteroatoms. The summed E-state index contributed by atoms with van der Waals surface area (Å²) in [6, 6.07) is 17.9. The molecule has 4 rings (SSSR count). The summed E-state index contributed by atoms with van der Waals surface area (Å²) in [7, 11) is 1.57. The minimum absolute atomic E-state index is 0.136. The zero-order valence-electron chi connectivity index (χ0n) is 17.4. The predicted octanol–water partition coefficient (Wildman–Crippen LogP) is 4.29. The van der Waals surface area contributed by atoms with E-state index < -0.39 is 5.91 Å². The summed E-state index contributed by atoms with van der Waals surface area (Å²) in [5.74, 6) is 0.0561. The van der Waals surface area contributed by atoms with Gasteiger partial charge in [0.1, 0.15) is 16.7 Å². The molecule has 6 N–H and O–H groups in total. The SMILES string of the molecule is COc1ccc(NC(=O)c2cc3ccccc3c(N)c2O)cc1.Cc1nc(N)sc1C#N. The van der Waals surface area contributed by atoms with E-state index in [1.807, 2.05) is 24.3 Å². The first-order valence-corrected chi connectivity index (χ1v) is 10.2. The van der Waals surface area contributed by atoms with Crippen LogP contribution in [0.2, 0.25) is 0 Å². The van der Waals surface area contributed by atoms with Crippen molar-refractivity contribution < 1.29 is 14.6 Å². The normalized spacial score (nSPS) is 10.0. The average molecular weight is 448 g/mol. The van der Waals surface area contributed by atoms with E-state index in [0.717, 1.165) is 11.1 Å². The lowest BCUT2D eigenvalue weighted by molar-refractivity contribution is 0.102. The zero-order valence-corrected chi connectivity index (χ0v) is 18.2. The van der Waals surface area contributed by atoms with E-state index in [1.165, 1.54) is 11.3 Å². The number of carbonyl (C=O) groups is 1. The van der Waals surface area contributed by atoms with Crippen molar-refractivity contribution in [3.8, 4) is 17.6 Å². The molecule has 0 aliphatic heterocycles. The van der Waals surface area contributed by atoms with Gasteiger partial charge in [-0.2, -0.15) is 5.26 Å². The fourth-order valence-electron chi connectivity index (χ4n) is 2.93. The monoisotopic (exact) mass is 447 g/mol. The molecule has 0 bridgehead atoms. The van der Waals surface area contributed by atoms with E-state index in [0.29, 0.717) is 26.8 Å². The van der Waals surface area contributed by atoms with Crippen molar-refractivity contribution in [2.75, 3.05) is 23.9 Å². The van der Waals surface area contributed by atoms with E-state index in [-0.39, 0.29) is 17.0 Å². The number of nitrogens with two attached hydrogens (primary N) is 2. The van der Waals surface area contributed by atoms with E-state index in [1.54, 1.807) is 50.4 Å². The molecule has 0 radical (unpaired) electrons. The topological polar surface area (TPSA) is 147 Å². The lowest BCUT2D eigenvalue weighted by Gasteiger charge is -2.11. The maximum absolute atomic E-state index is 12.4. The Balaban J connectivity index is 0.000000269. The molecule has 0 atom stereocenters. The minimum atomic E-state index is -0.426. The number of aromatic hydroxyl groups is 1. The Labute approximate surface area is 188 Å². The number of benzene rings is 3. The first-order chi connectivity index (χ1) is 15.3. The van der Waals surface area contributed by atoms with Crippen molar-refractivity contribution in [3.05, 3.63) is 70.7 Å². The van der Waals surface area contributed by atoms with Crippen LogP contribution in [0.4, 0.5) is 16.5 Å². The molecule has 3 aromatic carbocycles. The van der Waals surface area contributed by atoms with Crippen LogP contribution < -0.4 is 21.5 Å². The highest BCUT2D eigenvalue weighted by Gasteiger charge is 2.16. The highest BCUT2D eigenvalue weighted by atomic mass is 32.1. The summed E-state index contributed by atoms with van der Waals surface area (Å²) in [5, 5.41) is 23.3. The van der Waals surface area contributed by atoms with E-state index in [2.05, 4.69) is 10.3 Å². The second kappa shape index (κ2) is 9.68. The number of aryl methyl sites for hydroxylation is 1. The maximum atomic E-state index is 12.4. The molecule has 32 heavy (non-hydrogen) atoms. The lowest BCUT2D eigenvalue weighted by atomic mass is 10.0. The van der Waals surface area contributed by atoms with E-state index >= 15 is 0 Å². The van der Waals surface area contributed by atoms with Gasteiger partial charge in [-0.3, -0.25) is 4.79 Å². The highest BCUT2D eigenvalue weighted by molar-refractivity contribution is 7.16. The molecule has 0 saturated heterocycles. The van der Waals surface area contributed by atoms with Crippen LogP contribution in [0.5, 0.6) is 11.5 Å². The van der Waals surface area contributed by atoms with Crippen molar-refractivity contribution in [1.82, 2.24) is 4.98 Å². The highest BCUT2D eigenvalue weighted by Crippen LogP contribution is 2.34. The number of rotatable bonds is 3. The summed E-state index contributed by atoms with van der Waals surface area (Å²) in [4.78, 5) is 16.9. The number of ether oxygens (including phenoxy) is 1. The third kappa shape index (κ3) is 4.88. The maximum Gasteiger partial charge on any atom is 0.259 e. The van der Waals surface area contributed by atoms with E-state index in [9.17, 15) is 9.90 Å². The van der Waals surface area contributed by atoms with Crippen molar-refractivity contribution in [2.24, 2.45) is 0 Å². The molecule has 0 spiro atoms. The molecular weight excluding hydrogens is 426 g/mol. The molecule has 0 aliphatic carbocycles. The van der Waals surface area contributed by atoms with Gasteiger partial charge in [-0.1, -0.05) is 35.6 Å². The number of hydrogen-bond acceptors (Lipinski definition) is 8. The zero-order chi connectivity index (χ0) is 23.3. The minimum Gasteiger partial charge on any atom is -0.505 e. The Kier molecular flexibility index (Phi) is 6.77. The number of fused-ring (bicyclic) bond motifs is 1. The Bertz CT molecular complexity index is 1310. The number of aromatic nitrogens is 1. The van der Waals surface area contributed by atoms with Gasteiger partial charge >= 0.3 is 0 Å². The van der Waals surface area contributed by atoms with Gasteiger partial charge < -0.3 is 26.6 Å². The molecule has 4 aromatic rings. The fraction of sp³-hybridized carbons (Fsp3) is 0.0870. The molecular formula is C23H21N5O3S. The Morgan fingerprint density at radius 3 is 2.44 bits per heavy atom. The number of hydrogen-bond donors (Lipinski definition) is 4. The summed E-state index contributed by atoms with van der Waals surface area (Å²) < 4.78 is 5.07. The number of nitrogens with one attached hydrogen (secondary N) is 1. The van der Waals surface area contributed by atoms with Crippen LogP contribution in [0.15, 0.2) is 54.6 Å². The van der Waals surface area contributed by atoms with Crippen molar-refractivity contribution in [1.29, 1.82) is 5.26 Å². The van der Waals surface area contributed by atoms with Gasteiger partial charge in [0.25, 0.3) is 5.91 Å². The number of nitrogen functional groups attached to an aromatic ring is 2. The summed E-state index contributed by atoms with van der Waals surface area (Å²) in [6.45, 7) is 1.77. The average Bonchev–Trinajstić information content (AvgIpc) is 3.14. The second-order valence-electron chi connectivity index (χ2n) is 6.67. The standard InChI is InChI=1S/C18H16N2O3.C5H5N3S/c1-23-13-8-6-12(7-9-13)20-18(22)15-10-11-4-2-3-5-14(11)16(19)17(15)21;1-3-4(2-6)9-5(7)8-3/h2-10,21H,19H2,1H3,(H,20,22);1H3,(H2,7,8). The van der Waals surface area contributed by atoms with Crippen molar-refractivity contribution >= 4 is 44.5 Å². The van der Waals surface area contributed by atoms with Crippen LogP contribution in [0, 0.1) is 18.3 Å². The third-order valence-corrected chi connectivity index (χ3v) is 5.46. The van der Waals surface area contributed by atoms with Gasteiger partial charge in [0.2, 0.25) is 0 Å². The molecule has 1 amide bonds. The molecule has 1 heterocycles. The fourth-order valence-corrected chi connectivity index (χ4v) is 3.56. The van der Waals surface area contributed by atoms with Gasteiger partial charge in [0, 0.05) is 11.1 Å². The number of nitrogens with zero attached hydrogens (tertiary/aromatic N) is 2. The van der Waals surface area contributed by atoms with Crippen LogP contribution in [-0.2, 0) is 0 Å². The van der Waals surface area contributed by atoms with Gasteiger partial charge in [-0.15, -0.1) is 0 Å². The van der Waals surface area contributed by atoms with Crippen molar-refractivity contribution in [2.45, 2.75) is 6.92 Å². The number of thiazole rings is 1. The van der Waals surface area contributed by atoms with Crippen LogP contribution >= 0.6 is 11.3 Å². The lowest BCUT2D eigenvalue weighted by Crippen LogP contribution is -2.12. The van der Waals surface area contributed by atoms with Crippen LogP contribution in [0.1, 0.15) is 20.9 Å². The molecule has 162 valence electrons. The Morgan fingerprint density at radius 2 is 1.88 bits per heavy atom. The number of methoxy groups -OCH3 is 1. The quantitative estimate of drug-likeness (QED) is 0.270. The van der Waals surface area contributed by atoms with Crippen LogP contribution in [0.3, 0.4) is 0 Å². The van der Waals surface area contributed by atoms with Crippen LogP contribution in [-0.4, -0.2) is 23.1 Å². The number of anilines is 3. The summed E-state index contributed by atoms with van der Waals surface area (Å²) >= 11 is 1.22. The van der Waals surface area contributed by atoms with Gasteiger partial charge in [0.15, 0.2) is 10.9 Å². The number of phenolic OH excluding ortho intramolecular Hbond substituents is 1. The molecule has 0 aliphatic rings. The van der Waals surface area contributed by atoms with E-state index in [4.69, 9.17) is 21.5 Å². The number of nitriles is 1. The molecule has 1 aromatic heterocycles. The number of amides is 1. The van der Waals surface area contributed by atoms with Gasteiger partial charge in [-0.25, -0.2) is 4.98 Å². The smallest absolute Gasteiger partial charge is 0.259 e. The van der Waals surface area contributed by atoms with Gasteiger partial charge in [0.05, 0.1) is 24.1 Å². The molecule has 0 saturated carbocycles. The van der Waals surface area contributed by atoms with Crippen LogP contribution in [0.25, 0.3) is 10.8 Å².